The van der Waals surface area contributed by atoms with Crippen molar-refractivity contribution in [1.29, 1.82) is 0 Å². The molecule has 1 unspecified atom stereocenters. The van der Waals surface area contributed by atoms with Crippen molar-refractivity contribution < 1.29 is 14.6 Å². The Morgan fingerprint density at radius 3 is 2.10 bits per heavy atom. The van der Waals surface area contributed by atoms with Gasteiger partial charge in [0.25, 0.3) is 0 Å². The first-order valence-corrected chi connectivity index (χ1v) is 12.6. The number of hydrogen-bond donors (Lipinski definition) is 1. The van der Waals surface area contributed by atoms with Crippen molar-refractivity contribution in [3.63, 3.8) is 0 Å². The molecule has 0 amide bonds. The fourth-order valence-corrected chi connectivity index (χ4v) is 4.99. The van der Waals surface area contributed by atoms with Crippen molar-refractivity contribution >= 4 is 17.7 Å². The lowest BCUT2D eigenvalue weighted by Crippen LogP contribution is -2.21. The summed E-state index contributed by atoms with van der Waals surface area (Å²) in [6, 6.07) is 1.88. The molecule has 0 spiro atoms. The second-order valence-electron chi connectivity index (χ2n) is 10.4. The molecule has 3 nitrogen and oxygen atoms in total. The van der Waals surface area contributed by atoms with Gasteiger partial charge in [-0.25, -0.2) is 0 Å². The predicted molar refractivity (Wildman–Crippen MR) is 131 cm³/mol. The van der Waals surface area contributed by atoms with Crippen LogP contribution in [0, 0.1) is 0 Å². The van der Waals surface area contributed by atoms with Crippen LogP contribution in [0.3, 0.4) is 0 Å². The number of hydrogen-bond acceptors (Lipinski definition) is 4. The minimum absolute atomic E-state index is 0.129. The molecule has 0 saturated carbocycles. The van der Waals surface area contributed by atoms with Gasteiger partial charge in [-0.05, 0) is 36.0 Å². The van der Waals surface area contributed by atoms with E-state index in [0.29, 0.717) is 11.5 Å². The van der Waals surface area contributed by atoms with Crippen LogP contribution in [0.4, 0.5) is 0 Å². The minimum Gasteiger partial charge on any atom is -0.507 e. The van der Waals surface area contributed by atoms with Gasteiger partial charge in [0.1, 0.15) is 11.5 Å². The van der Waals surface area contributed by atoms with E-state index < -0.39 is 0 Å². The van der Waals surface area contributed by atoms with Crippen LogP contribution in [0.2, 0.25) is 0 Å². The number of carbonyl (C=O) groups is 1. The summed E-state index contributed by atoms with van der Waals surface area (Å²) in [4.78, 5) is 11.9. The molecule has 30 heavy (non-hydrogen) atoms. The molecule has 1 N–H and O–H groups in total. The van der Waals surface area contributed by atoms with Crippen LogP contribution >= 0.6 is 11.8 Å². The van der Waals surface area contributed by atoms with Gasteiger partial charge >= 0.3 is 5.97 Å². The maximum absolute atomic E-state index is 11.9. The first-order chi connectivity index (χ1) is 13.8. The molecule has 0 aliphatic carbocycles. The molecule has 0 aliphatic heterocycles. The number of phenols is 1. The Balaban J connectivity index is 3.26. The van der Waals surface area contributed by atoms with E-state index in [9.17, 15) is 9.90 Å². The van der Waals surface area contributed by atoms with Gasteiger partial charge in [0, 0.05) is 28.9 Å². The van der Waals surface area contributed by atoms with Gasteiger partial charge in [-0.15, -0.1) is 0 Å². The third kappa shape index (κ3) is 7.83. The number of rotatable bonds is 10. The van der Waals surface area contributed by atoms with E-state index >= 15 is 0 Å². The van der Waals surface area contributed by atoms with Gasteiger partial charge in [-0.2, -0.15) is 11.8 Å². The third-order valence-electron chi connectivity index (χ3n) is 5.39. The smallest absolute Gasteiger partial charge is 0.308 e. The zero-order valence-corrected chi connectivity index (χ0v) is 21.6. The molecular formula is C26H44O3S. The van der Waals surface area contributed by atoms with Crippen molar-refractivity contribution in [3.05, 3.63) is 22.8 Å². The van der Waals surface area contributed by atoms with E-state index in [-0.39, 0.29) is 22.0 Å². The number of benzene rings is 1. The lowest BCUT2D eigenvalue weighted by molar-refractivity contribution is -0.131. The number of esters is 1. The van der Waals surface area contributed by atoms with E-state index in [1.54, 1.807) is 0 Å². The Morgan fingerprint density at radius 2 is 1.60 bits per heavy atom. The van der Waals surface area contributed by atoms with Crippen LogP contribution < -0.4 is 4.74 Å². The largest absolute Gasteiger partial charge is 0.507 e. The van der Waals surface area contributed by atoms with Crippen molar-refractivity contribution in [3.8, 4) is 11.5 Å². The lowest BCUT2D eigenvalue weighted by atomic mass is 9.76. The molecule has 0 saturated heterocycles. The summed E-state index contributed by atoms with van der Waals surface area (Å²) in [5.74, 6) is 1.68. The summed E-state index contributed by atoms with van der Waals surface area (Å²) in [5, 5.41) is 11.4. The minimum atomic E-state index is -0.324. The number of ether oxygens (including phenoxy) is 1. The average molecular weight is 437 g/mol. The molecule has 0 aliphatic rings. The number of unbranched alkanes of at least 4 members (excludes halogenated alkanes) is 5. The number of aromatic hydroxyl groups is 1. The van der Waals surface area contributed by atoms with E-state index in [4.69, 9.17) is 4.74 Å². The second-order valence-corrected chi connectivity index (χ2v) is 11.9. The maximum atomic E-state index is 11.9. The average Bonchev–Trinajstić information content (AvgIpc) is 2.59. The molecule has 1 aromatic rings. The van der Waals surface area contributed by atoms with E-state index in [1.807, 2.05) is 17.8 Å². The predicted octanol–water partition coefficient (Wildman–Crippen LogP) is 8.07. The summed E-state index contributed by atoms with van der Waals surface area (Å²) in [6.07, 6.45) is 7.67. The number of carbonyl (C=O) groups excluding carboxylic acids is 1. The van der Waals surface area contributed by atoms with Gasteiger partial charge in [0.15, 0.2) is 0 Å². The Labute approximate surface area is 189 Å². The molecule has 0 bridgehead atoms. The Hall–Kier alpha value is -1.16. The molecule has 1 aromatic carbocycles. The fraction of sp³-hybridized carbons (Fsp3) is 0.731. The van der Waals surface area contributed by atoms with Crippen LogP contribution in [-0.2, 0) is 15.6 Å². The monoisotopic (exact) mass is 436 g/mol. The molecule has 0 radical (unpaired) electrons. The molecule has 172 valence electrons. The molecule has 0 aromatic heterocycles. The zero-order valence-electron chi connectivity index (χ0n) is 20.8. The first-order valence-electron chi connectivity index (χ1n) is 11.5. The SMILES string of the molecule is CCCCCCCCSC(C)c1c(OC(C)=O)cc(C(C)(C)C)c(O)c1C(C)(C)C. The second kappa shape index (κ2) is 11.5. The standard InChI is InChI=1S/C26H44O3S/c1-10-11-12-13-14-15-16-30-18(2)22-21(29-19(3)27)17-20(25(4,5)6)24(28)23(22)26(7,8)9/h17-18,28H,10-16H2,1-9H3. The Kier molecular flexibility index (Phi) is 10.3. The van der Waals surface area contributed by atoms with Crippen molar-refractivity contribution in [1.82, 2.24) is 0 Å². The van der Waals surface area contributed by atoms with Crippen LogP contribution in [0.1, 0.15) is 123 Å². The molecular weight excluding hydrogens is 392 g/mol. The highest BCUT2D eigenvalue weighted by atomic mass is 32.2. The van der Waals surface area contributed by atoms with Crippen LogP contribution in [0.15, 0.2) is 6.07 Å². The molecule has 1 atom stereocenters. The van der Waals surface area contributed by atoms with Gasteiger partial charge in [0.2, 0.25) is 0 Å². The molecule has 0 heterocycles. The highest BCUT2D eigenvalue weighted by Gasteiger charge is 2.33. The third-order valence-corrected chi connectivity index (χ3v) is 6.65. The van der Waals surface area contributed by atoms with Gasteiger partial charge in [0.05, 0.1) is 0 Å². The fourth-order valence-electron chi connectivity index (χ4n) is 3.86. The molecule has 4 heteroatoms. The summed E-state index contributed by atoms with van der Waals surface area (Å²) in [7, 11) is 0. The van der Waals surface area contributed by atoms with Crippen LogP contribution in [-0.4, -0.2) is 16.8 Å². The summed E-state index contributed by atoms with van der Waals surface area (Å²) in [5.41, 5.74) is 2.14. The quantitative estimate of drug-likeness (QED) is 0.229. The maximum Gasteiger partial charge on any atom is 0.308 e. The highest BCUT2D eigenvalue weighted by molar-refractivity contribution is 7.99. The summed E-state index contributed by atoms with van der Waals surface area (Å²) < 4.78 is 5.70. The van der Waals surface area contributed by atoms with E-state index in [0.717, 1.165) is 22.4 Å². The molecule has 1 rings (SSSR count). The molecule has 0 fully saturated rings. The van der Waals surface area contributed by atoms with E-state index in [2.05, 4.69) is 55.4 Å². The summed E-state index contributed by atoms with van der Waals surface area (Å²) in [6.45, 7) is 18.4. The topological polar surface area (TPSA) is 46.5 Å². The van der Waals surface area contributed by atoms with Crippen molar-refractivity contribution in [2.24, 2.45) is 0 Å². The summed E-state index contributed by atoms with van der Waals surface area (Å²) >= 11 is 1.88. The number of phenolic OH excluding ortho intramolecular Hbond substituents is 1. The Morgan fingerprint density at radius 1 is 1.03 bits per heavy atom. The van der Waals surface area contributed by atoms with Crippen LogP contribution in [0.5, 0.6) is 11.5 Å². The lowest BCUT2D eigenvalue weighted by Gasteiger charge is -2.32. The van der Waals surface area contributed by atoms with Crippen molar-refractivity contribution in [2.45, 2.75) is 117 Å². The number of thioether (sulfide) groups is 1. The normalized spacial score (nSPS) is 13.4. The van der Waals surface area contributed by atoms with E-state index in [1.165, 1.54) is 45.4 Å². The van der Waals surface area contributed by atoms with Crippen LogP contribution in [0.25, 0.3) is 0 Å². The Bertz CT molecular complexity index is 696. The zero-order chi connectivity index (χ0) is 23.1. The van der Waals surface area contributed by atoms with Gasteiger partial charge in [-0.3, -0.25) is 4.79 Å². The highest BCUT2D eigenvalue weighted by Crippen LogP contribution is 2.49. The van der Waals surface area contributed by atoms with Gasteiger partial charge < -0.3 is 9.84 Å². The van der Waals surface area contributed by atoms with Crippen molar-refractivity contribution in [2.75, 3.05) is 5.75 Å². The van der Waals surface area contributed by atoms with Gasteiger partial charge in [-0.1, -0.05) is 80.6 Å². The first kappa shape index (κ1) is 26.9.